The Morgan fingerprint density at radius 3 is 1.51 bits per heavy atom. The number of nitrogens with zero attached hydrogens (tertiary/aromatic N) is 2. The first-order chi connectivity index (χ1) is 68.5. The second-order valence-corrected chi connectivity index (χ2v) is 40.0. The van der Waals surface area contributed by atoms with Crippen LogP contribution in [0.3, 0.4) is 0 Å². The lowest BCUT2D eigenvalue weighted by Crippen LogP contribution is -2.41. The number of thiophene rings is 2. The molecule has 138 heavy (non-hydrogen) atoms. The fourth-order valence-electron chi connectivity index (χ4n) is 25.7. The van der Waals surface area contributed by atoms with Crippen molar-refractivity contribution in [3.8, 4) is 100 Å². The topological polar surface area (TPSA) is 6.48 Å². The van der Waals surface area contributed by atoms with Crippen LogP contribution in [0.1, 0.15) is 85.4 Å². The average Bonchev–Trinajstić information content (AvgIpc) is 1.51. The summed E-state index contributed by atoms with van der Waals surface area (Å²) in [4.78, 5) is 5.44. The normalized spacial score (nSPS) is 17.8. The van der Waals surface area contributed by atoms with Crippen LogP contribution in [0.25, 0.3) is 146 Å². The van der Waals surface area contributed by atoms with E-state index >= 15 is 0 Å². The smallest absolute Gasteiger partial charge is 0.0726 e. The molecule has 6 unspecified atom stereocenters. The minimum absolute atomic E-state index is 0.00644. The molecule has 2 nitrogen and oxygen atoms in total. The molecule has 0 amide bonds. The summed E-state index contributed by atoms with van der Waals surface area (Å²) in [7, 11) is 0. The minimum atomic E-state index is -0.549. The van der Waals surface area contributed by atoms with Crippen LogP contribution in [-0.4, -0.2) is 6.04 Å². The summed E-state index contributed by atoms with van der Waals surface area (Å²) >= 11 is 3.84. The highest BCUT2D eigenvalue weighted by Gasteiger charge is 2.60. The van der Waals surface area contributed by atoms with E-state index in [4.69, 9.17) is 0 Å². The largest absolute Gasteiger partial charge is 0.336 e. The van der Waals surface area contributed by atoms with Crippen LogP contribution in [0.5, 0.6) is 0 Å². The van der Waals surface area contributed by atoms with Gasteiger partial charge in [0, 0.05) is 97.8 Å². The molecule has 21 aromatic rings. The van der Waals surface area contributed by atoms with Gasteiger partial charge in [0.05, 0.1) is 28.2 Å². The minimum Gasteiger partial charge on any atom is -0.336 e. The number of fused-ring (bicyclic) bond motifs is 26. The molecule has 7 aliphatic rings. The van der Waals surface area contributed by atoms with E-state index in [9.17, 15) is 0 Å². The lowest BCUT2D eigenvalue weighted by atomic mass is 9.65. The lowest BCUT2D eigenvalue weighted by Gasteiger charge is -2.44. The van der Waals surface area contributed by atoms with Crippen molar-refractivity contribution < 1.29 is 0 Å². The molecule has 4 heteroatoms. The summed E-state index contributed by atoms with van der Waals surface area (Å²) in [5.74, 6) is 0.240. The molecule has 0 radical (unpaired) electrons. The van der Waals surface area contributed by atoms with Crippen molar-refractivity contribution in [3.63, 3.8) is 0 Å². The molecule has 0 fully saturated rings. The Morgan fingerprint density at radius 1 is 0.268 bits per heavy atom. The monoisotopic (exact) mass is 1790 g/mol. The SMILES string of the molecule is C1=CCC(N(C2=CC=CC3C2c2ccccc2C32c3ccccc3-c3cc(-c4ccc5c(c4)sc4c(-c6cccc(N(c7ccccc7-c7ccccc7-c7ccccc7-c7ccccc7)c7cccc8c7-c7ccccc7C87c8ccccc8-c8ccccc87)c6)cccc45)ccc32)c2ccccc2-c2ccccc2C2C=CC=CC2c2ccccc2)C(c2cccc3c2sc2ccccc23)=C1. The summed E-state index contributed by atoms with van der Waals surface area (Å²) in [5, 5.41) is 5.14. The number of para-hydroxylation sites is 2. The van der Waals surface area contributed by atoms with Gasteiger partial charge in [0.15, 0.2) is 0 Å². The molecule has 19 aromatic carbocycles. The molecule has 2 heterocycles. The number of hydrogen-bond donors (Lipinski definition) is 0. The molecular weight excluding hydrogens is 1700 g/mol. The fourth-order valence-corrected chi connectivity index (χ4v) is 28.2. The number of allylic oxidation sites excluding steroid dienone is 10. The van der Waals surface area contributed by atoms with E-state index in [2.05, 4.69) is 513 Å². The molecular formula is C134H90N2S2. The van der Waals surface area contributed by atoms with Crippen molar-refractivity contribution in [1.82, 2.24) is 0 Å². The molecule has 0 saturated heterocycles. The number of rotatable bonds is 15. The summed E-state index contributed by atoms with van der Waals surface area (Å²) in [5.41, 5.74) is 42.6. The van der Waals surface area contributed by atoms with Crippen LogP contribution >= 0.6 is 22.7 Å². The molecule has 6 atom stereocenters. The fraction of sp³-hybridized carbons (Fsp3) is 0.0597. The van der Waals surface area contributed by atoms with Gasteiger partial charge in [-0.15, -0.1) is 22.7 Å². The maximum atomic E-state index is 2.84. The zero-order chi connectivity index (χ0) is 90.7. The van der Waals surface area contributed by atoms with Crippen molar-refractivity contribution in [2.75, 3.05) is 9.80 Å². The van der Waals surface area contributed by atoms with Crippen LogP contribution in [0.2, 0.25) is 0 Å². The van der Waals surface area contributed by atoms with Crippen molar-refractivity contribution in [2.45, 2.75) is 41.0 Å². The van der Waals surface area contributed by atoms with Gasteiger partial charge in [-0.2, -0.15) is 0 Å². The van der Waals surface area contributed by atoms with Crippen molar-refractivity contribution in [3.05, 3.63) is 571 Å². The first-order valence-corrected chi connectivity index (χ1v) is 50.2. The molecule has 0 aliphatic heterocycles. The molecule has 648 valence electrons. The van der Waals surface area contributed by atoms with E-state index in [0.717, 1.165) is 40.2 Å². The predicted molar refractivity (Wildman–Crippen MR) is 582 cm³/mol. The molecule has 0 bridgehead atoms. The van der Waals surface area contributed by atoms with E-state index in [0.29, 0.717) is 0 Å². The second kappa shape index (κ2) is 32.2. The van der Waals surface area contributed by atoms with Gasteiger partial charge in [0.1, 0.15) is 0 Å². The zero-order valence-electron chi connectivity index (χ0n) is 75.7. The highest BCUT2D eigenvalue weighted by molar-refractivity contribution is 7.26. The number of anilines is 4. The molecule has 0 N–H and O–H groups in total. The summed E-state index contributed by atoms with van der Waals surface area (Å²) in [6.07, 6.45) is 24.9. The number of hydrogen-bond acceptors (Lipinski definition) is 4. The summed E-state index contributed by atoms with van der Waals surface area (Å²) in [6.45, 7) is 0. The molecule has 7 aliphatic carbocycles. The van der Waals surface area contributed by atoms with E-state index < -0.39 is 10.8 Å². The van der Waals surface area contributed by atoms with E-state index in [-0.39, 0.29) is 29.7 Å². The molecule has 28 rings (SSSR count). The third-order valence-corrected chi connectivity index (χ3v) is 33.7. The van der Waals surface area contributed by atoms with Gasteiger partial charge in [-0.05, 0) is 211 Å². The van der Waals surface area contributed by atoms with Gasteiger partial charge in [0.25, 0.3) is 0 Å². The van der Waals surface area contributed by atoms with Crippen molar-refractivity contribution in [1.29, 1.82) is 0 Å². The first kappa shape index (κ1) is 80.1. The molecule has 0 saturated carbocycles. The zero-order valence-corrected chi connectivity index (χ0v) is 77.4. The Bertz CT molecular complexity index is 8780. The average molecular weight is 1790 g/mol. The Labute approximate surface area is 812 Å². The van der Waals surface area contributed by atoms with Gasteiger partial charge < -0.3 is 9.80 Å². The third-order valence-electron chi connectivity index (χ3n) is 31.3. The highest BCUT2D eigenvalue weighted by Crippen LogP contribution is 2.70. The van der Waals surface area contributed by atoms with Crippen LogP contribution in [0, 0.1) is 5.92 Å². The van der Waals surface area contributed by atoms with Crippen LogP contribution in [0.4, 0.5) is 22.7 Å². The lowest BCUT2D eigenvalue weighted by molar-refractivity contribution is 0.446. The Morgan fingerprint density at radius 2 is 0.761 bits per heavy atom. The highest BCUT2D eigenvalue weighted by atomic mass is 32.1. The number of benzene rings is 19. The van der Waals surface area contributed by atoms with Gasteiger partial charge in [0.2, 0.25) is 0 Å². The Balaban J connectivity index is 0.570. The van der Waals surface area contributed by atoms with Crippen LogP contribution < -0.4 is 9.80 Å². The van der Waals surface area contributed by atoms with Crippen molar-refractivity contribution >= 4 is 91.3 Å². The maximum absolute atomic E-state index is 2.84. The predicted octanol–water partition coefficient (Wildman–Crippen LogP) is 35.6. The summed E-state index contributed by atoms with van der Waals surface area (Å²) < 4.78 is 5.17. The van der Waals surface area contributed by atoms with Gasteiger partial charge in [-0.1, -0.05) is 449 Å². The van der Waals surface area contributed by atoms with Crippen molar-refractivity contribution in [2.24, 2.45) is 5.92 Å². The third kappa shape index (κ3) is 12.0. The molecule has 2 spiro atoms. The van der Waals surface area contributed by atoms with E-state index in [1.165, 1.54) is 202 Å². The van der Waals surface area contributed by atoms with Gasteiger partial charge in [-0.25, -0.2) is 0 Å². The Hall–Kier alpha value is -16.3. The van der Waals surface area contributed by atoms with Gasteiger partial charge in [-0.3, -0.25) is 0 Å². The van der Waals surface area contributed by atoms with E-state index in [1.54, 1.807) is 0 Å². The Kier molecular flexibility index (Phi) is 18.7. The van der Waals surface area contributed by atoms with Crippen LogP contribution in [0.15, 0.2) is 509 Å². The summed E-state index contributed by atoms with van der Waals surface area (Å²) in [6, 6.07) is 169. The van der Waals surface area contributed by atoms with Crippen LogP contribution in [-0.2, 0) is 10.8 Å². The quantitative estimate of drug-likeness (QED) is 0.101. The molecule has 2 aromatic heterocycles. The van der Waals surface area contributed by atoms with E-state index in [1.807, 2.05) is 22.7 Å². The second-order valence-electron chi connectivity index (χ2n) is 37.9. The van der Waals surface area contributed by atoms with Gasteiger partial charge >= 0.3 is 0 Å². The first-order valence-electron chi connectivity index (χ1n) is 48.5. The standard InChI is InChI=1S/C134H90N2S2/c1-3-38-85(39-4-1)91-44-7-9-46-94(91)96-48-11-13-50-98(96)103-55-20-29-72-122(103)135(125-75-36-70-120-129(125)111-59-18-27-68-117(111)133(120)114-65-24-15-52-100(114)101-53-16-25-66-115(101)133)90-43-33-42-89(82-90)93-61-34-63-110-107-80-78-88(84-128(107)138-131(93)110)87-79-81-119-113(83-87)102-54-17-26-67-116(102)134(119)118-69-28-19-60-112(118)130-121(134)71-37-76-126(130)136(124-74-31-22-57-105(124)108-62-35-64-109-106-58-23-32-77-127(106)137-132(108)109)123-73-30-21-56-104(123)99-51-14-12-49-97(99)95-47-10-8-45-92(95)86-40-5-2-6-41-86/h1-73,75-84,92,95,121,124,130H,74H2. The maximum Gasteiger partial charge on any atom is 0.0726 e.